The molecule has 0 bridgehead atoms. The Bertz CT molecular complexity index is 1050. The van der Waals surface area contributed by atoms with Gasteiger partial charge in [0, 0.05) is 48.7 Å². The molecule has 8 nitrogen and oxygen atoms in total. The van der Waals surface area contributed by atoms with Crippen molar-refractivity contribution in [3.8, 4) is 5.75 Å². The first kappa shape index (κ1) is 20.6. The maximum Gasteiger partial charge on any atom is 0.272 e. The summed E-state index contributed by atoms with van der Waals surface area (Å²) in [4.78, 5) is 31.2. The van der Waals surface area contributed by atoms with Crippen LogP contribution in [0, 0.1) is 0 Å². The molecule has 1 aliphatic heterocycles. The lowest BCUT2D eigenvalue weighted by Gasteiger charge is -2.16. The number of nitrogens with zero attached hydrogens (tertiary/aromatic N) is 3. The van der Waals surface area contributed by atoms with Crippen LogP contribution in [0.25, 0.3) is 0 Å². The van der Waals surface area contributed by atoms with Gasteiger partial charge in [0.05, 0.1) is 13.5 Å². The van der Waals surface area contributed by atoms with Gasteiger partial charge >= 0.3 is 0 Å². The number of methoxy groups -OCH3 is 1. The van der Waals surface area contributed by atoms with Crippen molar-refractivity contribution in [2.24, 2.45) is 0 Å². The Kier molecular flexibility index (Phi) is 6.26. The van der Waals surface area contributed by atoms with Crippen molar-refractivity contribution in [1.82, 2.24) is 25.4 Å². The van der Waals surface area contributed by atoms with Crippen LogP contribution in [0.1, 0.15) is 39.8 Å². The summed E-state index contributed by atoms with van der Waals surface area (Å²) in [5, 5.41) is 10.0. The standard InChI is InChI=1S/C23H25N5O3/c1-31-21-8-3-2-6-16(21)14-25-23(30)20-13-19(26-27-20)17-9-11-28(15-17)22(29)12-18-7-4-5-10-24-18/h2-8,10,13,17H,9,11-12,14-15H2,1H3,(H,25,30)(H,26,27)/t17-/m0/s1. The van der Waals surface area contributed by atoms with E-state index < -0.39 is 0 Å². The predicted octanol–water partition coefficient (Wildman–Crippen LogP) is 2.30. The minimum absolute atomic E-state index is 0.0653. The zero-order valence-corrected chi connectivity index (χ0v) is 17.4. The smallest absolute Gasteiger partial charge is 0.272 e. The molecule has 4 rings (SSSR count). The van der Waals surface area contributed by atoms with Crippen LogP contribution in [0.4, 0.5) is 0 Å². The number of nitrogens with one attached hydrogen (secondary N) is 2. The molecule has 0 saturated carbocycles. The van der Waals surface area contributed by atoms with Gasteiger partial charge in [-0.1, -0.05) is 24.3 Å². The molecule has 160 valence electrons. The van der Waals surface area contributed by atoms with E-state index in [1.54, 1.807) is 19.4 Å². The molecule has 1 aromatic carbocycles. The highest BCUT2D eigenvalue weighted by Crippen LogP contribution is 2.26. The van der Waals surface area contributed by atoms with E-state index >= 15 is 0 Å². The van der Waals surface area contributed by atoms with Gasteiger partial charge in [0.2, 0.25) is 5.91 Å². The van der Waals surface area contributed by atoms with Crippen molar-refractivity contribution in [3.63, 3.8) is 0 Å². The minimum atomic E-state index is -0.255. The average molecular weight is 419 g/mol. The van der Waals surface area contributed by atoms with Crippen LogP contribution in [0.2, 0.25) is 0 Å². The summed E-state index contributed by atoms with van der Waals surface area (Å²) in [5.41, 5.74) is 2.87. The molecule has 1 fully saturated rings. The third-order valence-electron chi connectivity index (χ3n) is 5.50. The van der Waals surface area contributed by atoms with Crippen molar-refractivity contribution < 1.29 is 14.3 Å². The molecule has 0 aliphatic carbocycles. The highest BCUT2D eigenvalue weighted by atomic mass is 16.5. The fourth-order valence-corrected chi connectivity index (χ4v) is 3.79. The molecule has 1 saturated heterocycles. The molecule has 31 heavy (non-hydrogen) atoms. The lowest BCUT2D eigenvalue weighted by atomic mass is 10.0. The number of likely N-dealkylation sites (tertiary alicyclic amines) is 1. The van der Waals surface area contributed by atoms with Crippen LogP contribution in [0.3, 0.4) is 0 Å². The summed E-state index contributed by atoms with van der Waals surface area (Å²) in [6.45, 7) is 1.64. The van der Waals surface area contributed by atoms with Crippen molar-refractivity contribution >= 4 is 11.8 Å². The molecule has 0 spiro atoms. The fraction of sp³-hybridized carbons (Fsp3) is 0.304. The number of benzene rings is 1. The van der Waals surface area contributed by atoms with Crippen molar-refractivity contribution in [2.45, 2.75) is 25.3 Å². The van der Waals surface area contributed by atoms with Crippen LogP contribution in [0.15, 0.2) is 54.7 Å². The second-order valence-electron chi connectivity index (χ2n) is 7.53. The van der Waals surface area contributed by atoms with Crippen LogP contribution in [-0.2, 0) is 17.8 Å². The SMILES string of the molecule is COc1ccccc1CNC(=O)c1cc([C@H]2CCN(C(=O)Cc3ccccn3)C2)[nH]n1. The van der Waals surface area contributed by atoms with Gasteiger partial charge < -0.3 is 15.0 Å². The zero-order valence-electron chi connectivity index (χ0n) is 17.4. The predicted molar refractivity (Wildman–Crippen MR) is 115 cm³/mol. The molecule has 2 aromatic heterocycles. The Hall–Kier alpha value is -3.68. The quantitative estimate of drug-likeness (QED) is 0.612. The van der Waals surface area contributed by atoms with Crippen LogP contribution in [0.5, 0.6) is 5.75 Å². The Morgan fingerprint density at radius 1 is 1.23 bits per heavy atom. The third-order valence-corrected chi connectivity index (χ3v) is 5.50. The van der Waals surface area contributed by atoms with Gasteiger partial charge in [0.15, 0.2) is 0 Å². The van der Waals surface area contributed by atoms with E-state index in [0.717, 1.165) is 29.1 Å². The Balaban J connectivity index is 1.32. The maximum absolute atomic E-state index is 12.6. The first-order chi connectivity index (χ1) is 15.1. The van der Waals surface area contributed by atoms with Gasteiger partial charge in [0.1, 0.15) is 11.4 Å². The van der Waals surface area contributed by atoms with E-state index in [9.17, 15) is 9.59 Å². The van der Waals surface area contributed by atoms with E-state index in [1.807, 2.05) is 47.4 Å². The molecule has 1 atom stereocenters. The summed E-state index contributed by atoms with van der Waals surface area (Å²) >= 11 is 0. The maximum atomic E-state index is 12.6. The average Bonchev–Trinajstić information content (AvgIpc) is 3.48. The highest BCUT2D eigenvalue weighted by molar-refractivity contribution is 5.92. The molecule has 2 N–H and O–H groups in total. The molecule has 8 heteroatoms. The molecule has 3 aromatic rings. The summed E-state index contributed by atoms with van der Waals surface area (Å²) in [5.74, 6) is 0.674. The molecular weight excluding hydrogens is 394 g/mol. The number of hydrogen-bond donors (Lipinski definition) is 2. The van der Waals surface area contributed by atoms with Gasteiger partial charge in [-0.3, -0.25) is 19.7 Å². The third kappa shape index (κ3) is 4.91. The van der Waals surface area contributed by atoms with Crippen LogP contribution in [-0.4, -0.2) is 52.1 Å². The molecule has 0 unspecified atom stereocenters. The van der Waals surface area contributed by atoms with Crippen LogP contribution >= 0.6 is 0 Å². The summed E-state index contributed by atoms with van der Waals surface area (Å²) < 4.78 is 5.31. The summed E-state index contributed by atoms with van der Waals surface area (Å²) in [7, 11) is 1.60. The first-order valence-corrected chi connectivity index (χ1v) is 10.3. The van der Waals surface area contributed by atoms with Crippen LogP contribution < -0.4 is 10.1 Å². The van der Waals surface area contributed by atoms with E-state index in [1.165, 1.54) is 0 Å². The van der Waals surface area contributed by atoms with Crippen molar-refractivity contribution in [2.75, 3.05) is 20.2 Å². The Labute approximate surface area is 180 Å². The van der Waals surface area contributed by atoms with E-state index in [-0.39, 0.29) is 17.7 Å². The molecule has 1 aliphatic rings. The second-order valence-corrected chi connectivity index (χ2v) is 7.53. The van der Waals surface area contributed by atoms with Crippen molar-refractivity contribution in [1.29, 1.82) is 0 Å². The number of carbonyl (C=O) groups excluding carboxylic acids is 2. The second kappa shape index (κ2) is 9.42. The number of H-pyrrole nitrogens is 1. The lowest BCUT2D eigenvalue weighted by molar-refractivity contribution is -0.129. The Morgan fingerprint density at radius 3 is 2.87 bits per heavy atom. The number of amides is 2. The number of carbonyl (C=O) groups is 2. The minimum Gasteiger partial charge on any atom is -0.496 e. The van der Waals surface area contributed by atoms with Crippen molar-refractivity contribution in [3.05, 3.63) is 77.4 Å². The number of aromatic amines is 1. The normalized spacial score (nSPS) is 15.6. The van der Waals surface area contributed by atoms with Gasteiger partial charge in [-0.2, -0.15) is 5.10 Å². The molecule has 3 heterocycles. The molecular formula is C23H25N5O3. The van der Waals surface area contributed by atoms with Gasteiger partial charge in [-0.05, 0) is 30.7 Å². The molecule has 0 radical (unpaired) electrons. The number of hydrogen-bond acceptors (Lipinski definition) is 5. The van der Waals surface area contributed by atoms with E-state index in [2.05, 4.69) is 20.5 Å². The van der Waals surface area contributed by atoms with Gasteiger partial charge in [-0.25, -0.2) is 0 Å². The zero-order chi connectivity index (χ0) is 21.6. The number of pyridine rings is 1. The van der Waals surface area contributed by atoms with Gasteiger partial charge in [-0.15, -0.1) is 0 Å². The topological polar surface area (TPSA) is 100 Å². The largest absolute Gasteiger partial charge is 0.496 e. The lowest BCUT2D eigenvalue weighted by Crippen LogP contribution is -2.30. The summed E-state index contributed by atoms with van der Waals surface area (Å²) in [6.07, 6.45) is 2.83. The van der Waals surface area contributed by atoms with E-state index in [0.29, 0.717) is 31.7 Å². The van der Waals surface area contributed by atoms with Gasteiger partial charge in [0.25, 0.3) is 5.91 Å². The monoisotopic (exact) mass is 419 g/mol. The van der Waals surface area contributed by atoms with E-state index in [4.69, 9.17) is 4.74 Å². The summed E-state index contributed by atoms with van der Waals surface area (Å²) in [6, 6.07) is 14.9. The highest BCUT2D eigenvalue weighted by Gasteiger charge is 2.29. The number of para-hydroxylation sites is 1. The fourth-order valence-electron chi connectivity index (χ4n) is 3.79. The number of rotatable bonds is 7. The Morgan fingerprint density at radius 2 is 2.06 bits per heavy atom. The first-order valence-electron chi connectivity index (χ1n) is 10.3. The molecule has 2 amide bonds. The number of ether oxygens (including phenoxy) is 1. The number of aromatic nitrogens is 3.